The molecule has 1 aromatic rings. The molecule has 6 heteroatoms. The molecule has 1 atom stereocenters. The largest absolute Gasteiger partial charge is 0.378 e. The average molecular weight is 229 g/mol. The van der Waals surface area contributed by atoms with E-state index in [-0.39, 0.29) is 4.90 Å². The molecule has 0 aliphatic heterocycles. The number of benzene rings is 1. The van der Waals surface area contributed by atoms with E-state index in [1.54, 1.807) is 24.3 Å². The lowest BCUT2D eigenvalue weighted by Gasteiger charge is -1.92. The van der Waals surface area contributed by atoms with Gasteiger partial charge in [-0.3, -0.25) is 4.55 Å². The zero-order chi connectivity index (χ0) is 11.9. The molecular weight excluding hydrogens is 218 g/mol. The predicted molar refractivity (Wildman–Crippen MR) is 53.6 cm³/mol. The maximum Gasteiger partial charge on any atom is 0.294 e. The Morgan fingerprint density at radius 1 is 1.33 bits per heavy atom. The average Bonchev–Trinajstić information content (AvgIpc) is 2.19. The Bertz CT molecular complexity index is 419. The fraction of sp³-hybridized carbons (Fsp3) is 0.222. The summed E-state index contributed by atoms with van der Waals surface area (Å²) in [6.45, 7) is 1.42. The molecule has 1 rings (SSSR count). The van der Waals surface area contributed by atoms with Crippen molar-refractivity contribution < 1.29 is 18.1 Å². The van der Waals surface area contributed by atoms with Crippen molar-refractivity contribution in [3.05, 3.63) is 30.3 Å². The number of hydrogen-bond donors (Lipinski definition) is 2. The first-order chi connectivity index (χ1) is 6.88. The number of aliphatic hydroxyl groups excluding tert-OH is 1. The fourth-order valence-corrected chi connectivity index (χ4v) is 1.09. The maximum atomic E-state index is 10.4. The van der Waals surface area contributed by atoms with Crippen LogP contribution >= 0.6 is 0 Å². The Morgan fingerprint density at radius 3 is 1.93 bits per heavy atom. The SMILES string of the molecule is CC(O)C#N.O=S(=O)(O)c1ccccc1. The van der Waals surface area contributed by atoms with Gasteiger partial charge in [-0.1, -0.05) is 18.2 Å². The van der Waals surface area contributed by atoms with Crippen LogP contribution in [0.3, 0.4) is 0 Å². The highest BCUT2D eigenvalue weighted by Crippen LogP contribution is 2.05. The Morgan fingerprint density at radius 2 is 1.73 bits per heavy atom. The van der Waals surface area contributed by atoms with Crippen molar-refractivity contribution >= 4 is 10.1 Å². The third kappa shape index (κ3) is 6.62. The standard InChI is InChI=1S/C6H6O3S.C3H5NO/c7-10(8,9)6-4-2-1-3-5-6;1-3(5)2-4/h1-5H,(H,7,8,9);3,5H,1H3. The van der Waals surface area contributed by atoms with Crippen LogP contribution < -0.4 is 0 Å². The van der Waals surface area contributed by atoms with Crippen molar-refractivity contribution in [2.24, 2.45) is 0 Å². The zero-order valence-corrected chi connectivity index (χ0v) is 8.85. The fourth-order valence-electron chi connectivity index (χ4n) is 0.592. The zero-order valence-electron chi connectivity index (χ0n) is 8.03. The summed E-state index contributed by atoms with van der Waals surface area (Å²) in [5, 5.41) is 15.6. The molecule has 82 valence electrons. The van der Waals surface area contributed by atoms with Crippen LogP contribution in [0.5, 0.6) is 0 Å². The van der Waals surface area contributed by atoms with E-state index >= 15 is 0 Å². The highest BCUT2D eigenvalue weighted by Gasteiger charge is 2.05. The van der Waals surface area contributed by atoms with E-state index < -0.39 is 16.2 Å². The normalized spacial score (nSPS) is 11.9. The smallest absolute Gasteiger partial charge is 0.294 e. The van der Waals surface area contributed by atoms with Crippen LogP contribution in [-0.4, -0.2) is 24.2 Å². The van der Waals surface area contributed by atoms with Gasteiger partial charge in [0.2, 0.25) is 0 Å². The molecular formula is C9H11NO4S. The lowest BCUT2D eigenvalue weighted by Crippen LogP contribution is -1.96. The number of hydrogen-bond acceptors (Lipinski definition) is 4. The van der Waals surface area contributed by atoms with Gasteiger partial charge < -0.3 is 5.11 Å². The Hall–Kier alpha value is -1.42. The third-order valence-corrected chi connectivity index (χ3v) is 2.10. The van der Waals surface area contributed by atoms with Crippen LogP contribution in [0.1, 0.15) is 6.92 Å². The summed E-state index contributed by atoms with van der Waals surface area (Å²) in [6.07, 6.45) is -0.810. The van der Waals surface area contributed by atoms with Crippen LogP contribution in [0.2, 0.25) is 0 Å². The lowest BCUT2D eigenvalue weighted by molar-refractivity contribution is 0.251. The van der Waals surface area contributed by atoms with Crippen LogP contribution in [0.4, 0.5) is 0 Å². The van der Waals surface area contributed by atoms with Crippen molar-refractivity contribution in [2.75, 3.05) is 0 Å². The van der Waals surface area contributed by atoms with E-state index in [1.165, 1.54) is 19.1 Å². The molecule has 0 saturated heterocycles. The number of aliphatic hydroxyl groups is 1. The Balaban J connectivity index is 0.000000336. The van der Waals surface area contributed by atoms with Gasteiger partial charge in [-0.2, -0.15) is 13.7 Å². The van der Waals surface area contributed by atoms with Gasteiger partial charge in [0.1, 0.15) is 6.10 Å². The molecule has 2 N–H and O–H groups in total. The highest BCUT2D eigenvalue weighted by atomic mass is 32.2. The van der Waals surface area contributed by atoms with Gasteiger partial charge in [0.15, 0.2) is 0 Å². The van der Waals surface area contributed by atoms with Gasteiger partial charge in [-0.05, 0) is 19.1 Å². The summed E-state index contributed by atoms with van der Waals surface area (Å²) in [7, 11) is -4.00. The highest BCUT2D eigenvalue weighted by molar-refractivity contribution is 7.85. The first-order valence-corrected chi connectivity index (χ1v) is 5.42. The molecule has 1 unspecified atom stereocenters. The molecule has 0 fully saturated rings. The van der Waals surface area contributed by atoms with Crippen molar-refractivity contribution in [1.29, 1.82) is 5.26 Å². The van der Waals surface area contributed by atoms with Crippen molar-refractivity contribution in [3.63, 3.8) is 0 Å². The van der Waals surface area contributed by atoms with Crippen LogP contribution in [0.25, 0.3) is 0 Å². The molecule has 0 aliphatic rings. The molecule has 15 heavy (non-hydrogen) atoms. The number of nitrogens with zero attached hydrogens (tertiary/aromatic N) is 1. The van der Waals surface area contributed by atoms with E-state index in [0.29, 0.717) is 0 Å². The van der Waals surface area contributed by atoms with E-state index in [4.69, 9.17) is 14.9 Å². The van der Waals surface area contributed by atoms with E-state index in [0.717, 1.165) is 0 Å². The third-order valence-electron chi connectivity index (χ3n) is 1.23. The quantitative estimate of drug-likeness (QED) is 0.548. The van der Waals surface area contributed by atoms with Crippen LogP contribution in [0.15, 0.2) is 35.2 Å². The summed E-state index contributed by atoms with van der Waals surface area (Å²) in [5.74, 6) is 0. The van der Waals surface area contributed by atoms with Gasteiger partial charge >= 0.3 is 0 Å². The molecule has 0 amide bonds. The summed E-state index contributed by atoms with van der Waals surface area (Å²) in [5.41, 5.74) is 0. The van der Waals surface area contributed by atoms with Gasteiger partial charge in [-0.15, -0.1) is 0 Å². The molecule has 0 bridgehead atoms. The van der Waals surface area contributed by atoms with Crippen LogP contribution in [0, 0.1) is 11.3 Å². The first-order valence-electron chi connectivity index (χ1n) is 3.98. The Labute approximate surface area is 88.3 Å². The van der Waals surface area contributed by atoms with Crippen molar-refractivity contribution in [3.8, 4) is 6.07 Å². The minimum Gasteiger partial charge on any atom is -0.378 e. The summed E-state index contributed by atoms with van der Waals surface area (Å²) >= 11 is 0. The predicted octanol–water partition coefficient (Wildman–Crippen LogP) is 0.824. The van der Waals surface area contributed by atoms with E-state index in [9.17, 15) is 8.42 Å². The molecule has 0 aliphatic carbocycles. The summed E-state index contributed by atoms with van der Waals surface area (Å²) < 4.78 is 29.2. The minimum absolute atomic E-state index is 0.0741. The summed E-state index contributed by atoms with van der Waals surface area (Å²) in [4.78, 5) is -0.0741. The first kappa shape index (κ1) is 13.6. The van der Waals surface area contributed by atoms with Gasteiger partial charge in [0, 0.05) is 0 Å². The van der Waals surface area contributed by atoms with Gasteiger partial charge in [0.05, 0.1) is 11.0 Å². The lowest BCUT2D eigenvalue weighted by atomic mass is 10.4. The topological polar surface area (TPSA) is 98.4 Å². The monoisotopic (exact) mass is 229 g/mol. The van der Waals surface area contributed by atoms with Gasteiger partial charge in [0.25, 0.3) is 10.1 Å². The molecule has 0 aromatic heterocycles. The molecule has 5 nitrogen and oxygen atoms in total. The molecule has 0 radical (unpaired) electrons. The second-order valence-electron chi connectivity index (χ2n) is 2.59. The van der Waals surface area contributed by atoms with E-state index in [2.05, 4.69) is 0 Å². The van der Waals surface area contributed by atoms with Gasteiger partial charge in [-0.25, -0.2) is 0 Å². The maximum absolute atomic E-state index is 10.4. The minimum atomic E-state index is -4.00. The van der Waals surface area contributed by atoms with Crippen LogP contribution in [-0.2, 0) is 10.1 Å². The Kier molecular flexibility index (Phi) is 5.56. The molecule has 0 spiro atoms. The molecule has 0 heterocycles. The summed E-state index contributed by atoms with van der Waals surface area (Å²) in [6, 6.07) is 9.01. The molecule has 1 aromatic carbocycles. The second kappa shape index (κ2) is 6.14. The molecule has 0 saturated carbocycles. The van der Waals surface area contributed by atoms with E-state index in [1.807, 2.05) is 0 Å². The van der Waals surface area contributed by atoms with Crippen molar-refractivity contribution in [1.82, 2.24) is 0 Å². The number of rotatable bonds is 1. The van der Waals surface area contributed by atoms with Crippen molar-refractivity contribution in [2.45, 2.75) is 17.9 Å². The number of nitriles is 1. The second-order valence-corrected chi connectivity index (χ2v) is 4.01.